The van der Waals surface area contributed by atoms with Gasteiger partial charge in [-0.05, 0) is 24.3 Å². The standard InChI is InChI=1S/C12H10F3NO/c1-2-3-4-11(17)16-10-7-5-9(6-8-10)12(13,14)15/h2-8H,1H2,(H,16,17). The van der Waals surface area contributed by atoms with Gasteiger partial charge in [0.05, 0.1) is 5.56 Å². The molecular formula is C12H10F3NO. The van der Waals surface area contributed by atoms with E-state index in [9.17, 15) is 18.0 Å². The summed E-state index contributed by atoms with van der Waals surface area (Å²) in [5, 5.41) is 2.41. The Hall–Kier alpha value is -2.04. The summed E-state index contributed by atoms with van der Waals surface area (Å²) in [6, 6.07) is 4.21. The quantitative estimate of drug-likeness (QED) is 0.637. The van der Waals surface area contributed by atoms with Crippen molar-refractivity contribution in [1.82, 2.24) is 0 Å². The van der Waals surface area contributed by atoms with Crippen molar-refractivity contribution >= 4 is 11.6 Å². The van der Waals surface area contributed by atoms with E-state index in [0.29, 0.717) is 5.69 Å². The molecule has 0 aromatic heterocycles. The topological polar surface area (TPSA) is 29.1 Å². The van der Waals surface area contributed by atoms with Crippen molar-refractivity contribution in [3.8, 4) is 0 Å². The van der Waals surface area contributed by atoms with Crippen LogP contribution in [0.4, 0.5) is 18.9 Å². The molecule has 17 heavy (non-hydrogen) atoms. The first-order valence-electron chi connectivity index (χ1n) is 4.71. The van der Waals surface area contributed by atoms with Gasteiger partial charge in [-0.1, -0.05) is 18.7 Å². The average molecular weight is 241 g/mol. The summed E-state index contributed by atoms with van der Waals surface area (Å²) < 4.78 is 36.7. The predicted molar refractivity (Wildman–Crippen MR) is 59.4 cm³/mol. The number of hydrogen-bond donors (Lipinski definition) is 1. The van der Waals surface area contributed by atoms with Crippen LogP contribution in [0.1, 0.15) is 5.56 Å². The molecule has 0 heterocycles. The lowest BCUT2D eigenvalue weighted by Crippen LogP contribution is -2.09. The summed E-state index contributed by atoms with van der Waals surface area (Å²) >= 11 is 0. The third-order valence-corrected chi connectivity index (χ3v) is 1.86. The van der Waals surface area contributed by atoms with Crippen molar-refractivity contribution in [1.29, 1.82) is 0 Å². The fourth-order valence-corrected chi connectivity index (χ4v) is 1.08. The van der Waals surface area contributed by atoms with E-state index in [0.717, 1.165) is 12.1 Å². The molecule has 0 fully saturated rings. The highest BCUT2D eigenvalue weighted by Crippen LogP contribution is 2.29. The van der Waals surface area contributed by atoms with Crippen LogP contribution < -0.4 is 5.32 Å². The maximum Gasteiger partial charge on any atom is 0.416 e. The molecule has 1 aromatic carbocycles. The Morgan fingerprint density at radius 3 is 2.29 bits per heavy atom. The van der Waals surface area contributed by atoms with E-state index in [4.69, 9.17) is 0 Å². The van der Waals surface area contributed by atoms with E-state index in [-0.39, 0.29) is 0 Å². The van der Waals surface area contributed by atoms with E-state index < -0.39 is 17.6 Å². The molecule has 5 heteroatoms. The molecule has 1 aromatic rings. The first-order valence-corrected chi connectivity index (χ1v) is 4.71. The number of amides is 1. The number of carbonyl (C=O) groups excluding carboxylic acids is 1. The predicted octanol–water partition coefficient (Wildman–Crippen LogP) is 3.39. The maximum absolute atomic E-state index is 12.2. The molecule has 0 unspecified atom stereocenters. The van der Waals surface area contributed by atoms with Gasteiger partial charge in [0.15, 0.2) is 0 Å². The zero-order valence-electron chi connectivity index (χ0n) is 8.79. The highest BCUT2D eigenvalue weighted by Gasteiger charge is 2.29. The Morgan fingerprint density at radius 2 is 1.82 bits per heavy atom. The van der Waals surface area contributed by atoms with E-state index in [1.165, 1.54) is 30.4 Å². The van der Waals surface area contributed by atoms with Gasteiger partial charge in [-0.25, -0.2) is 0 Å². The number of allylic oxidation sites excluding steroid dienone is 2. The zero-order valence-corrected chi connectivity index (χ0v) is 8.79. The van der Waals surface area contributed by atoms with Crippen LogP contribution in [0.25, 0.3) is 0 Å². The minimum Gasteiger partial charge on any atom is -0.323 e. The number of carbonyl (C=O) groups is 1. The summed E-state index contributed by atoms with van der Waals surface area (Å²) in [6.45, 7) is 3.39. The van der Waals surface area contributed by atoms with Gasteiger partial charge in [-0.2, -0.15) is 13.2 Å². The zero-order chi connectivity index (χ0) is 12.9. The van der Waals surface area contributed by atoms with Crippen molar-refractivity contribution in [3.63, 3.8) is 0 Å². The van der Waals surface area contributed by atoms with Crippen LogP contribution >= 0.6 is 0 Å². The second kappa shape index (κ2) is 5.34. The maximum atomic E-state index is 12.2. The lowest BCUT2D eigenvalue weighted by molar-refractivity contribution is -0.137. The minimum absolute atomic E-state index is 0.303. The molecule has 0 spiro atoms. The number of nitrogens with one attached hydrogen (secondary N) is 1. The van der Waals surface area contributed by atoms with Crippen molar-refractivity contribution in [3.05, 3.63) is 54.6 Å². The molecule has 0 aliphatic carbocycles. The number of anilines is 1. The molecule has 0 atom stereocenters. The van der Waals surface area contributed by atoms with Crippen LogP contribution in [-0.2, 0) is 11.0 Å². The highest BCUT2D eigenvalue weighted by atomic mass is 19.4. The fourth-order valence-electron chi connectivity index (χ4n) is 1.08. The molecule has 0 aliphatic rings. The van der Waals surface area contributed by atoms with Gasteiger partial charge < -0.3 is 5.32 Å². The van der Waals surface area contributed by atoms with Gasteiger partial charge in [0, 0.05) is 11.8 Å². The molecule has 0 saturated heterocycles. The van der Waals surface area contributed by atoms with Crippen LogP contribution in [0.2, 0.25) is 0 Å². The van der Waals surface area contributed by atoms with Crippen LogP contribution in [0, 0.1) is 0 Å². The van der Waals surface area contributed by atoms with E-state index in [1.54, 1.807) is 0 Å². The van der Waals surface area contributed by atoms with E-state index in [1.807, 2.05) is 0 Å². The van der Waals surface area contributed by atoms with Gasteiger partial charge in [0.2, 0.25) is 5.91 Å². The summed E-state index contributed by atoms with van der Waals surface area (Å²) in [4.78, 5) is 11.2. The third-order valence-electron chi connectivity index (χ3n) is 1.86. The van der Waals surface area contributed by atoms with Gasteiger partial charge >= 0.3 is 6.18 Å². The van der Waals surface area contributed by atoms with Gasteiger partial charge in [0.1, 0.15) is 0 Å². The van der Waals surface area contributed by atoms with E-state index in [2.05, 4.69) is 11.9 Å². The Balaban J connectivity index is 2.72. The van der Waals surface area contributed by atoms with Crippen LogP contribution in [0.15, 0.2) is 49.1 Å². The molecule has 90 valence electrons. The Morgan fingerprint density at radius 1 is 1.24 bits per heavy atom. The third kappa shape index (κ3) is 4.14. The first-order chi connectivity index (χ1) is 7.93. The molecule has 2 nitrogen and oxygen atoms in total. The van der Waals surface area contributed by atoms with Crippen molar-refractivity contribution in [2.24, 2.45) is 0 Å². The van der Waals surface area contributed by atoms with Crippen molar-refractivity contribution in [2.45, 2.75) is 6.18 Å². The smallest absolute Gasteiger partial charge is 0.323 e. The molecule has 0 saturated carbocycles. The summed E-state index contributed by atoms with van der Waals surface area (Å²) in [5.74, 6) is -0.426. The normalized spacial score (nSPS) is 11.5. The first kappa shape index (κ1) is 13.0. The van der Waals surface area contributed by atoms with Crippen LogP contribution in [0.5, 0.6) is 0 Å². The second-order valence-corrected chi connectivity index (χ2v) is 3.16. The molecule has 0 bridgehead atoms. The Kier molecular flexibility index (Phi) is 4.09. The number of alkyl halides is 3. The summed E-state index contributed by atoms with van der Waals surface area (Å²) in [6.07, 6.45) is -0.290. The Labute approximate surface area is 96.4 Å². The number of rotatable bonds is 3. The monoisotopic (exact) mass is 241 g/mol. The fraction of sp³-hybridized carbons (Fsp3) is 0.0833. The molecule has 1 N–H and O–H groups in total. The lowest BCUT2D eigenvalue weighted by atomic mass is 10.2. The van der Waals surface area contributed by atoms with Gasteiger partial charge in [-0.3, -0.25) is 4.79 Å². The molecule has 0 aliphatic heterocycles. The molecule has 1 amide bonds. The van der Waals surface area contributed by atoms with Gasteiger partial charge in [0.25, 0.3) is 0 Å². The summed E-state index contributed by atoms with van der Waals surface area (Å²) in [7, 11) is 0. The SMILES string of the molecule is C=CC=CC(=O)Nc1ccc(C(F)(F)F)cc1. The lowest BCUT2D eigenvalue weighted by Gasteiger charge is -2.07. The molecular weight excluding hydrogens is 231 g/mol. The number of halogens is 3. The molecule has 1 rings (SSSR count). The van der Waals surface area contributed by atoms with Crippen molar-refractivity contribution < 1.29 is 18.0 Å². The second-order valence-electron chi connectivity index (χ2n) is 3.16. The van der Waals surface area contributed by atoms with Crippen LogP contribution in [0.3, 0.4) is 0 Å². The molecule has 0 radical (unpaired) electrons. The highest BCUT2D eigenvalue weighted by molar-refractivity contribution is 5.99. The largest absolute Gasteiger partial charge is 0.416 e. The summed E-state index contributed by atoms with van der Waals surface area (Å²) in [5.41, 5.74) is -0.450. The Bertz CT molecular complexity index is 432. The number of hydrogen-bond acceptors (Lipinski definition) is 1. The van der Waals surface area contributed by atoms with Crippen LogP contribution in [-0.4, -0.2) is 5.91 Å². The van der Waals surface area contributed by atoms with Gasteiger partial charge in [-0.15, -0.1) is 0 Å². The minimum atomic E-state index is -4.37. The van der Waals surface area contributed by atoms with Crippen molar-refractivity contribution in [2.75, 3.05) is 5.32 Å². The number of benzene rings is 1. The average Bonchev–Trinajstić information content (AvgIpc) is 2.26. The van der Waals surface area contributed by atoms with E-state index >= 15 is 0 Å².